The summed E-state index contributed by atoms with van der Waals surface area (Å²) in [5.41, 5.74) is 12.9. The lowest BCUT2D eigenvalue weighted by Crippen LogP contribution is -2.41. The summed E-state index contributed by atoms with van der Waals surface area (Å²) in [6.45, 7) is 9.85. The molecule has 0 aliphatic rings. The number of rotatable bonds is 24. The van der Waals surface area contributed by atoms with Crippen LogP contribution in [0.5, 0.6) is 17.2 Å². The van der Waals surface area contributed by atoms with Gasteiger partial charge < -0.3 is 14.2 Å². The molecule has 21 heteroatoms. The van der Waals surface area contributed by atoms with Gasteiger partial charge in [-0.05, 0) is 44.9 Å². The number of nitrogens with one attached hydrogen (secondary N) is 7. The van der Waals surface area contributed by atoms with E-state index in [1.54, 1.807) is 0 Å². The summed E-state index contributed by atoms with van der Waals surface area (Å²) >= 11 is 0. The van der Waals surface area contributed by atoms with Crippen LogP contribution in [0.4, 0.5) is 5.69 Å². The number of anilines is 1. The van der Waals surface area contributed by atoms with Crippen molar-refractivity contribution >= 4 is 41.1 Å². The van der Waals surface area contributed by atoms with Gasteiger partial charge in [0.25, 0.3) is 21.7 Å². The van der Waals surface area contributed by atoms with Crippen LogP contribution in [-0.4, -0.2) is 55.3 Å². The molecule has 0 aromatic heterocycles. The van der Waals surface area contributed by atoms with Crippen molar-refractivity contribution in [3.05, 3.63) is 40.9 Å². The van der Waals surface area contributed by atoms with Crippen LogP contribution in [0, 0.1) is 0 Å². The van der Waals surface area contributed by atoms with Crippen molar-refractivity contribution in [3.63, 3.8) is 0 Å². The molecule has 0 saturated carbocycles. The summed E-state index contributed by atoms with van der Waals surface area (Å²) in [5, 5.41) is 0. The molecule has 0 saturated heterocycles. The predicted octanol–water partition coefficient (Wildman–Crippen LogP) is -0.0233. The topological polar surface area (TPSA) is 309 Å². The maximum atomic E-state index is 11.7. The first-order valence-corrected chi connectivity index (χ1v) is 18.8. The summed E-state index contributed by atoms with van der Waals surface area (Å²) < 4.78 is 15.7. The van der Waals surface area contributed by atoms with Gasteiger partial charge in [0.05, 0.1) is 19.8 Å². The fourth-order valence-corrected chi connectivity index (χ4v) is 4.04. The van der Waals surface area contributed by atoms with Crippen LogP contribution in [0.1, 0.15) is 125 Å². The Balaban J connectivity index is 0.000000875. The monoisotopic (exact) mass is 810 g/mol. The molecule has 0 spiro atoms. The minimum Gasteiger partial charge on any atom is -0.487 e. The number of unbranched alkanes of at least 4 members (excludes halogenated alkanes) is 5. The lowest BCUT2D eigenvalue weighted by molar-refractivity contribution is -0.128. The highest BCUT2D eigenvalue weighted by Crippen LogP contribution is 2.21. The van der Waals surface area contributed by atoms with E-state index in [9.17, 15) is 47.9 Å². The molecule has 320 valence electrons. The molecule has 9 N–H and O–H groups in total. The number of hydrogen-bond donors (Lipinski definition) is 8. The van der Waals surface area contributed by atoms with E-state index in [1.165, 1.54) is 13.8 Å². The van der Waals surface area contributed by atoms with Crippen molar-refractivity contribution in [1.82, 2.24) is 32.6 Å². The molecule has 0 unspecified atom stereocenters. The Kier molecular flexibility index (Phi) is 27.2. The van der Waals surface area contributed by atoms with Gasteiger partial charge in [0, 0.05) is 39.5 Å². The fourth-order valence-electron chi connectivity index (χ4n) is 4.04. The number of nitrogens with two attached hydrogens (primary N) is 1. The Hall–Kier alpha value is -5.86. The van der Waals surface area contributed by atoms with Gasteiger partial charge in [0.2, 0.25) is 46.9 Å². The summed E-state index contributed by atoms with van der Waals surface area (Å²) in [6.07, 6.45) is 8.23. The van der Waals surface area contributed by atoms with Crippen molar-refractivity contribution in [2.24, 2.45) is 5.84 Å². The first-order chi connectivity index (χ1) is 27.1. The van der Waals surface area contributed by atoms with Crippen LogP contribution in [0.15, 0.2) is 19.2 Å². The van der Waals surface area contributed by atoms with Crippen molar-refractivity contribution in [2.75, 3.05) is 25.2 Å². The van der Waals surface area contributed by atoms with E-state index in [0.717, 1.165) is 38.5 Å². The third-order valence-electron chi connectivity index (χ3n) is 7.28. The molecule has 57 heavy (non-hydrogen) atoms. The molecule has 0 bridgehead atoms. The van der Waals surface area contributed by atoms with Crippen LogP contribution in [0.25, 0.3) is 0 Å². The third-order valence-corrected chi connectivity index (χ3v) is 7.28. The summed E-state index contributed by atoms with van der Waals surface area (Å²) in [4.78, 5) is 111. The first-order valence-electron chi connectivity index (χ1n) is 18.8. The molecule has 21 nitrogen and oxygen atoms in total. The van der Waals surface area contributed by atoms with Gasteiger partial charge in [0.1, 0.15) is 0 Å². The number of ether oxygens (including phenoxy) is 3. The molecule has 0 aliphatic carbocycles. The zero-order valence-corrected chi connectivity index (χ0v) is 33.4. The molecule has 6 amide bonds. The fraction of sp³-hybridized carbons (Fsp3) is 0.611. The lowest BCUT2D eigenvalue weighted by Gasteiger charge is -2.14. The van der Waals surface area contributed by atoms with E-state index in [1.807, 2.05) is 26.2 Å². The highest BCUT2D eigenvalue weighted by atomic mass is 16.5. The summed E-state index contributed by atoms with van der Waals surface area (Å²) in [6, 6.07) is 0. The molecule has 0 atom stereocenters. The second-order valence-corrected chi connectivity index (χ2v) is 12.4. The molecule has 0 aliphatic heterocycles. The number of amides is 6. The van der Waals surface area contributed by atoms with Gasteiger partial charge >= 0.3 is 0 Å². The Bertz CT molecular complexity index is 1680. The van der Waals surface area contributed by atoms with Crippen molar-refractivity contribution in [1.29, 1.82) is 0 Å². The average Bonchev–Trinajstić information content (AvgIpc) is 3.19. The Morgan fingerprint density at radius 1 is 0.456 bits per heavy atom. The van der Waals surface area contributed by atoms with Crippen molar-refractivity contribution in [3.8, 4) is 17.2 Å². The number of hydrazine groups is 4. The third kappa shape index (κ3) is 22.3. The van der Waals surface area contributed by atoms with E-state index >= 15 is 0 Å². The second-order valence-electron chi connectivity index (χ2n) is 12.4. The van der Waals surface area contributed by atoms with Gasteiger partial charge in [-0.3, -0.25) is 85.9 Å². The van der Waals surface area contributed by atoms with Crippen LogP contribution < -0.4 is 79.7 Å². The van der Waals surface area contributed by atoms with E-state index in [4.69, 9.17) is 20.1 Å². The van der Waals surface area contributed by atoms with Crippen molar-refractivity contribution < 1.29 is 43.0 Å². The average molecular weight is 811 g/mol. The van der Waals surface area contributed by atoms with Crippen molar-refractivity contribution in [2.45, 2.75) is 125 Å². The van der Waals surface area contributed by atoms with E-state index in [2.05, 4.69) is 32.6 Å². The largest absolute Gasteiger partial charge is 0.487 e. The normalized spacial score (nSPS) is 10.1. The molecule has 2 rings (SSSR count). The molecule has 0 heterocycles. The molecular formula is C36H58N8O13. The summed E-state index contributed by atoms with van der Waals surface area (Å²) in [5.74, 6) is 3.08. The molecule has 2 aromatic carbocycles. The van der Waals surface area contributed by atoms with Crippen LogP contribution in [-0.2, 0) is 28.8 Å². The van der Waals surface area contributed by atoms with Crippen LogP contribution in [0.3, 0.4) is 0 Å². The van der Waals surface area contributed by atoms with Gasteiger partial charge in [0.15, 0.2) is 11.4 Å². The Morgan fingerprint density at radius 2 is 0.789 bits per heavy atom. The zero-order chi connectivity index (χ0) is 43.2. The standard InChI is InChI=1S/C16H24N4O6.C12H18O4.C8H16N4O3/c1-3-4-9-26-16-13(14(24)15(16)25)20-19-12(23)8-6-5-7-11(22)18-17-10(2)21;1-3-5-7-15-11-9(13)10(14)12(11)16-8-6-4-2;1-6(13)11-12-8(15)5-3-2-4-7(14)10-9/h20H,3-9H2,1-2H3,(H,17,21)(H,18,22)(H,19,23);3-8H2,1-2H3;2-5,9H2,1H3,(H,10,14)(H,11,13)(H,12,15). The summed E-state index contributed by atoms with van der Waals surface area (Å²) in [7, 11) is 0. The van der Waals surface area contributed by atoms with E-state index in [0.29, 0.717) is 51.9 Å². The van der Waals surface area contributed by atoms with E-state index < -0.39 is 21.7 Å². The van der Waals surface area contributed by atoms with Crippen LogP contribution in [0.2, 0.25) is 0 Å². The maximum Gasteiger partial charge on any atom is 0.275 e. The highest BCUT2D eigenvalue weighted by molar-refractivity contribution is 5.81. The molecular weight excluding hydrogens is 752 g/mol. The molecule has 0 fully saturated rings. The second kappa shape index (κ2) is 30.4. The maximum absolute atomic E-state index is 11.7. The molecule has 0 radical (unpaired) electrons. The zero-order valence-electron chi connectivity index (χ0n) is 33.4. The van der Waals surface area contributed by atoms with Gasteiger partial charge in [-0.1, -0.05) is 40.0 Å². The molecule has 2 aromatic rings. The quantitative estimate of drug-likeness (QED) is 0.0227. The van der Waals surface area contributed by atoms with Gasteiger partial charge in [-0.2, -0.15) is 0 Å². The first kappa shape index (κ1) is 51.1. The Morgan fingerprint density at radius 3 is 1.14 bits per heavy atom. The minimum absolute atomic E-state index is 0.0471. The predicted molar refractivity (Wildman–Crippen MR) is 209 cm³/mol. The minimum atomic E-state index is -0.730. The lowest BCUT2D eigenvalue weighted by atomic mass is 10.2. The highest BCUT2D eigenvalue weighted by Gasteiger charge is 2.24. The van der Waals surface area contributed by atoms with Crippen LogP contribution >= 0.6 is 0 Å². The number of hydrogen-bond acceptors (Lipinski definition) is 15. The Labute approximate surface area is 330 Å². The SMILES string of the molecule is CC(=O)NNC(=O)CCCCC(=O)NN.CCCCOc1c(NNC(=O)CCCCC(=O)NNC(C)=O)c(=O)c1=O.CCCCOc1c(OCCCC)c(=O)c1=O. The number of carbonyl (C=O) groups excluding carboxylic acids is 6. The van der Waals surface area contributed by atoms with Gasteiger partial charge in [-0.25, -0.2) is 5.84 Å². The van der Waals surface area contributed by atoms with E-state index in [-0.39, 0.29) is 77.6 Å². The van der Waals surface area contributed by atoms with Gasteiger partial charge in [-0.15, -0.1) is 0 Å². The smallest absolute Gasteiger partial charge is 0.275 e. The number of carbonyl (C=O) groups is 6.